The zero-order valence-corrected chi connectivity index (χ0v) is 18.6. The summed E-state index contributed by atoms with van der Waals surface area (Å²) < 4.78 is 0.660. The lowest BCUT2D eigenvalue weighted by Gasteiger charge is -2.30. The minimum absolute atomic E-state index is 0.00227. The van der Waals surface area contributed by atoms with Crippen molar-refractivity contribution in [2.75, 3.05) is 22.1 Å². The molecule has 0 saturated carbocycles. The topological polar surface area (TPSA) is 87.2 Å². The first-order chi connectivity index (χ1) is 14.4. The van der Waals surface area contributed by atoms with Gasteiger partial charge in [-0.15, -0.1) is 10.2 Å². The molecule has 0 spiro atoms. The first kappa shape index (κ1) is 20.6. The molecule has 1 aromatic heterocycles. The maximum absolute atomic E-state index is 13.0. The van der Waals surface area contributed by atoms with Crippen molar-refractivity contribution in [2.24, 2.45) is 0 Å². The normalized spacial score (nSPS) is 14.1. The van der Waals surface area contributed by atoms with Crippen molar-refractivity contribution in [3.05, 3.63) is 53.1 Å². The first-order valence-corrected chi connectivity index (χ1v) is 11.2. The van der Waals surface area contributed by atoms with Crippen LogP contribution in [0, 0.1) is 6.92 Å². The van der Waals surface area contributed by atoms with Crippen LogP contribution in [0.5, 0.6) is 0 Å². The van der Waals surface area contributed by atoms with Crippen molar-refractivity contribution in [1.29, 1.82) is 0 Å². The van der Waals surface area contributed by atoms with E-state index in [2.05, 4.69) is 20.8 Å². The Bertz CT molecular complexity index is 1120. The molecule has 0 radical (unpaired) electrons. The van der Waals surface area contributed by atoms with Gasteiger partial charge in [-0.3, -0.25) is 14.5 Å². The molecule has 0 fully saturated rings. The van der Waals surface area contributed by atoms with E-state index < -0.39 is 5.25 Å². The van der Waals surface area contributed by atoms with Crippen molar-refractivity contribution in [1.82, 2.24) is 10.2 Å². The zero-order valence-electron chi connectivity index (χ0n) is 16.2. The molecule has 30 heavy (non-hydrogen) atoms. The number of para-hydroxylation sites is 2. The molecule has 2 amide bonds. The van der Waals surface area contributed by atoms with Gasteiger partial charge in [-0.2, -0.15) is 0 Å². The highest BCUT2D eigenvalue weighted by molar-refractivity contribution is 8.02. The average molecular weight is 460 g/mol. The fraction of sp³-hybridized carbons (Fsp3) is 0.200. The molecule has 1 unspecified atom stereocenters. The molecule has 0 bridgehead atoms. The minimum atomic E-state index is -0.433. The van der Waals surface area contributed by atoms with Crippen LogP contribution < -0.4 is 15.5 Å². The van der Waals surface area contributed by atoms with Crippen molar-refractivity contribution >= 4 is 68.7 Å². The lowest BCUT2D eigenvalue weighted by atomic mass is 10.2. The van der Waals surface area contributed by atoms with Gasteiger partial charge in [0, 0.05) is 10.7 Å². The number of benzene rings is 2. The number of rotatable bonds is 5. The summed E-state index contributed by atoms with van der Waals surface area (Å²) in [5.41, 5.74) is 3.12. The molecular weight excluding hydrogens is 442 g/mol. The molecule has 1 atom stereocenters. The van der Waals surface area contributed by atoms with Gasteiger partial charge in [-0.25, -0.2) is 0 Å². The van der Waals surface area contributed by atoms with E-state index in [1.807, 2.05) is 43.3 Å². The number of amides is 2. The lowest BCUT2D eigenvalue weighted by molar-refractivity contribution is -0.121. The van der Waals surface area contributed by atoms with Crippen LogP contribution >= 0.6 is 34.7 Å². The highest BCUT2D eigenvalue weighted by atomic mass is 35.5. The second-order valence-corrected chi connectivity index (χ2v) is 9.63. The number of hydrogen-bond acceptors (Lipinski definition) is 7. The van der Waals surface area contributed by atoms with Crippen LogP contribution in [-0.2, 0) is 9.59 Å². The Morgan fingerprint density at radius 2 is 2.07 bits per heavy atom. The fourth-order valence-electron chi connectivity index (χ4n) is 3.02. The molecule has 2 heterocycles. The molecule has 1 aliphatic heterocycles. The van der Waals surface area contributed by atoms with E-state index in [0.29, 0.717) is 25.9 Å². The van der Waals surface area contributed by atoms with Gasteiger partial charge in [0.15, 0.2) is 4.34 Å². The molecule has 0 aliphatic carbocycles. The number of nitrogens with one attached hydrogen (secondary N) is 2. The van der Waals surface area contributed by atoms with Gasteiger partial charge in [0.05, 0.1) is 16.6 Å². The Labute approximate surface area is 186 Å². The van der Waals surface area contributed by atoms with Crippen LogP contribution in [0.4, 0.5) is 22.2 Å². The van der Waals surface area contributed by atoms with E-state index in [-0.39, 0.29) is 18.4 Å². The summed E-state index contributed by atoms with van der Waals surface area (Å²) in [7, 11) is 0. The number of thioether (sulfide) groups is 1. The third kappa shape index (κ3) is 4.28. The zero-order chi connectivity index (χ0) is 21.3. The maximum atomic E-state index is 13.0. The lowest BCUT2D eigenvalue weighted by Crippen LogP contribution is -2.45. The minimum Gasteiger partial charge on any atom is -0.330 e. The Hall–Kier alpha value is -2.62. The molecule has 154 valence electrons. The highest BCUT2D eigenvalue weighted by Crippen LogP contribution is 2.35. The molecule has 0 saturated heterocycles. The van der Waals surface area contributed by atoms with Crippen molar-refractivity contribution in [3.8, 4) is 0 Å². The Kier molecular flexibility index (Phi) is 5.94. The predicted molar refractivity (Wildman–Crippen MR) is 122 cm³/mol. The third-order valence-corrected chi connectivity index (χ3v) is 7.00. The second-order valence-electron chi connectivity index (χ2n) is 6.66. The van der Waals surface area contributed by atoms with Crippen LogP contribution in [0.15, 0.2) is 46.8 Å². The molecular formula is C20H18ClN5O2S2. The monoisotopic (exact) mass is 459 g/mol. The number of hydrogen-bond donors (Lipinski definition) is 2. The van der Waals surface area contributed by atoms with Crippen LogP contribution in [0.2, 0.25) is 5.02 Å². The van der Waals surface area contributed by atoms with Crippen LogP contribution in [-0.4, -0.2) is 33.8 Å². The van der Waals surface area contributed by atoms with Gasteiger partial charge < -0.3 is 10.6 Å². The largest absolute Gasteiger partial charge is 0.330 e. The number of aromatic nitrogens is 2. The SMILES string of the molecule is Cc1c(Cl)cccc1Nc1nnc(SC(C)C(=O)N2CC(=O)Nc3ccccc32)s1. The predicted octanol–water partition coefficient (Wildman–Crippen LogP) is 4.71. The van der Waals surface area contributed by atoms with Gasteiger partial charge in [0.2, 0.25) is 16.9 Å². The summed E-state index contributed by atoms with van der Waals surface area (Å²) >= 11 is 8.83. The highest BCUT2D eigenvalue weighted by Gasteiger charge is 2.30. The summed E-state index contributed by atoms with van der Waals surface area (Å²) in [6, 6.07) is 12.9. The van der Waals surface area contributed by atoms with Crippen LogP contribution in [0.3, 0.4) is 0 Å². The summed E-state index contributed by atoms with van der Waals surface area (Å²) in [5.74, 6) is -0.365. The standard InChI is InChI=1S/C20H18ClN5O2S2/c1-11-13(21)6-5-8-14(11)23-19-24-25-20(30-19)29-12(2)18(28)26-10-17(27)22-15-7-3-4-9-16(15)26/h3-9,12H,10H2,1-2H3,(H,22,27)(H,23,24). The number of anilines is 4. The Morgan fingerprint density at radius 3 is 2.90 bits per heavy atom. The summed E-state index contributed by atoms with van der Waals surface area (Å²) in [6.07, 6.45) is 0. The van der Waals surface area contributed by atoms with E-state index in [1.54, 1.807) is 13.0 Å². The van der Waals surface area contributed by atoms with Crippen LogP contribution in [0.25, 0.3) is 0 Å². The van der Waals surface area contributed by atoms with Gasteiger partial charge in [-0.1, -0.05) is 52.9 Å². The van der Waals surface area contributed by atoms with E-state index in [0.717, 1.165) is 11.3 Å². The number of carbonyl (C=O) groups excluding carboxylic acids is 2. The Morgan fingerprint density at radius 1 is 1.27 bits per heavy atom. The molecule has 4 rings (SSSR count). The van der Waals surface area contributed by atoms with Gasteiger partial charge in [-0.05, 0) is 43.7 Å². The number of nitrogens with zero attached hydrogens (tertiary/aromatic N) is 3. The quantitative estimate of drug-likeness (QED) is 0.537. The van der Waals surface area contributed by atoms with Crippen molar-refractivity contribution < 1.29 is 9.59 Å². The average Bonchev–Trinajstić information content (AvgIpc) is 3.17. The van der Waals surface area contributed by atoms with Gasteiger partial charge >= 0.3 is 0 Å². The molecule has 3 aromatic rings. The van der Waals surface area contributed by atoms with Gasteiger partial charge in [0.25, 0.3) is 0 Å². The second kappa shape index (κ2) is 8.63. The molecule has 1 aliphatic rings. The smallest absolute Gasteiger partial charge is 0.244 e. The first-order valence-electron chi connectivity index (χ1n) is 9.15. The molecule has 10 heteroatoms. The van der Waals surface area contributed by atoms with E-state index >= 15 is 0 Å². The maximum Gasteiger partial charge on any atom is 0.244 e. The molecule has 2 N–H and O–H groups in total. The van der Waals surface area contributed by atoms with E-state index in [1.165, 1.54) is 28.0 Å². The van der Waals surface area contributed by atoms with Gasteiger partial charge in [0.1, 0.15) is 6.54 Å². The summed E-state index contributed by atoms with van der Waals surface area (Å²) in [6.45, 7) is 3.73. The van der Waals surface area contributed by atoms with Crippen molar-refractivity contribution in [2.45, 2.75) is 23.4 Å². The fourth-order valence-corrected chi connectivity index (χ4v) is 5.16. The number of carbonyl (C=O) groups is 2. The van der Waals surface area contributed by atoms with Crippen molar-refractivity contribution in [3.63, 3.8) is 0 Å². The molecule has 2 aromatic carbocycles. The summed E-state index contributed by atoms with van der Waals surface area (Å²) in [5, 5.41) is 15.2. The molecule has 7 nitrogen and oxygen atoms in total. The number of fused-ring (bicyclic) bond motifs is 1. The van der Waals surface area contributed by atoms with Crippen LogP contribution in [0.1, 0.15) is 12.5 Å². The third-order valence-electron chi connectivity index (χ3n) is 4.58. The van der Waals surface area contributed by atoms with E-state index in [9.17, 15) is 9.59 Å². The Balaban J connectivity index is 1.46. The number of halogens is 1. The summed E-state index contributed by atoms with van der Waals surface area (Å²) in [4.78, 5) is 26.6. The van der Waals surface area contributed by atoms with E-state index in [4.69, 9.17) is 11.6 Å².